The van der Waals surface area contributed by atoms with Crippen LogP contribution in [0.4, 0.5) is 0 Å². The standard InChI is InChI=1S/C31H38O10/c1-8-29(6)15-19(34)23-30(7)20(14-21(39-16(2)32)31(23,38)27(29)37)28(4,5)24(40-17(3)33)22(35)25(30)41-26(36)18-12-10-9-11-13-18/h8-13,20-25,35,38H,1,14-15H2,2-7H3. The van der Waals surface area contributed by atoms with Crippen molar-refractivity contribution in [2.75, 3.05) is 0 Å². The van der Waals surface area contributed by atoms with Crippen LogP contribution in [0.2, 0.25) is 0 Å². The molecule has 0 radical (unpaired) electrons. The SMILES string of the molecule is C=CC1(C)CC(=O)C2C(O)(C1=O)C(OC(C)=O)CC1C(C)(C)C(OC(C)=O)C(O)C(OC(=O)c3ccccc3)C12C. The molecule has 0 aliphatic heterocycles. The van der Waals surface area contributed by atoms with Gasteiger partial charge in [0.1, 0.15) is 30.2 Å². The minimum Gasteiger partial charge on any atom is -0.459 e. The zero-order valence-corrected chi connectivity index (χ0v) is 24.2. The second kappa shape index (κ2) is 10.2. The molecule has 0 bridgehead atoms. The third kappa shape index (κ3) is 4.52. The number of aliphatic hydroxyl groups excluding tert-OH is 1. The van der Waals surface area contributed by atoms with Crippen LogP contribution in [-0.4, -0.2) is 69.7 Å². The summed E-state index contributed by atoms with van der Waals surface area (Å²) in [6, 6.07) is 8.01. The molecule has 0 saturated heterocycles. The summed E-state index contributed by atoms with van der Waals surface area (Å²) in [5, 5.41) is 24.1. The zero-order chi connectivity index (χ0) is 30.7. The van der Waals surface area contributed by atoms with Crippen LogP contribution in [-0.2, 0) is 33.4 Å². The predicted molar refractivity (Wildman–Crippen MR) is 144 cm³/mol. The van der Waals surface area contributed by atoms with Gasteiger partial charge in [0.15, 0.2) is 11.4 Å². The number of ketones is 2. The molecule has 0 spiro atoms. The minimum absolute atomic E-state index is 0.147. The average molecular weight is 571 g/mol. The van der Waals surface area contributed by atoms with Crippen LogP contribution < -0.4 is 0 Å². The molecule has 4 rings (SSSR count). The van der Waals surface area contributed by atoms with E-state index in [2.05, 4.69) is 6.58 Å². The van der Waals surface area contributed by atoms with Gasteiger partial charge in [0.05, 0.1) is 16.9 Å². The van der Waals surface area contributed by atoms with Gasteiger partial charge in [0.25, 0.3) is 0 Å². The molecule has 3 aliphatic carbocycles. The summed E-state index contributed by atoms with van der Waals surface area (Å²) in [6.07, 6.45) is -4.94. The Morgan fingerprint density at radius 3 is 2.07 bits per heavy atom. The number of Topliss-reactive ketones (excluding diaryl/α,β-unsaturated/α-hetero) is 2. The van der Waals surface area contributed by atoms with Gasteiger partial charge >= 0.3 is 17.9 Å². The fraction of sp³-hybridized carbons (Fsp3) is 0.581. The van der Waals surface area contributed by atoms with Crippen LogP contribution >= 0.6 is 0 Å². The fourth-order valence-corrected chi connectivity index (χ4v) is 7.87. The Bertz CT molecular complexity index is 1290. The first-order valence-electron chi connectivity index (χ1n) is 13.7. The van der Waals surface area contributed by atoms with E-state index >= 15 is 0 Å². The van der Waals surface area contributed by atoms with Gasteiger partial charge in [0.2, 0.25) is 0 Å². The fourth-order valence-electron chi connectivity index (χ4n) is 7.87. The predicted octanol–water partition coefficient (Wildman–Crippen LogP) is 2.58. The van der Waals surface area contributed by atoms with Crippen molar-refractivity contribution in [1.82, 2.24) is 0 Å². The third-order valence-electron chi connectivity index (χ3n) is 9.66. The van der Waals surface area contributed by atoms with E-state index in [1.807, 2.05) is 0 Å². The van der Waals surface area contributed by atoms with Crippen molar-refractivity contribution in [2.24, 2.45) is 28.1 Å². The van der Waals surface area contributed by atoms with Crippen LogP contribution in [0.3, 0.4) is 0 Å². The van der Waals surface area contributed by atoms with E-state index in [1.54, 1.807) is 39.0 Å². The summed E-state index contributed by atoms with van der Waals surface area (Å²) >= 11 is 0. The number of hydrogen-bond donors (Lipinski definition) is 2. The maximum absolute atomic E-state index is 14.1. The van der Waals surface area contributed by atoms with E-state index in [-0.39, 0.29) is 18.4 Å². The summed E-state index contributed by atoms with van der Waals surface area (Å²) < 4.78 is 17.1. The van der Waals surface area contributed by atoms with Crippen LogP contribution in [0, 0.1) is 28.1 Å². The number of carbonyl (C=O) groups is 5. The topological polar surface area (TPSA) is 154 Å². The van der Waals surface area contributed by atoms with E-state index in [4.69, 9.17) is 14.2 Å². The first kappa shape index (κ1) is 30.6. The van der Waals surface area contributed by atoms with Crippen molar-refractivity contribution in [3.8, 4) is 0 Å². The highest BCUT2D eigenvalue weighted by Crippen LogP contribution is 2.66. The lowest BCUT2D eigenvalue weighted by Crippen LogP contribution is -2.80. The molecule has 3 fully saturated rings. The van der Waals surface area contributed by atoms with E-state index in [9.17, 15) is 34.2 Å². The molecule has 1 aromatic rings. The smallest absolute Gasteiger partial charge is 0.338 e. The Balaban J connectivity index is 1.97. The van der Waals surface area contributed by atoms with Gasteiger partial charge in [-0.2, -0.15) is 0 Å². The number of aliphatic hydroxyl groups is 2. The largest absolute Gasteiger partial charge is 0.459 e. The lowest BCUT2D eigenvalue weighted by atomic mass is 9.39. The van der Waals surface area contributed by atoms with Crippen molar-refractivity contribution >= 4 is 29.5 Å². The summed E-state index contributed by atoms with van der Waals surface area (Å²) in [4.78, 5) is 66.0. The molecule has 41 heavy (non-hydrogen) atoms. The minimum atomic E-state index is -2.52. The van der Waals surface area contributed by atoms with Gasteiger partial charge in [-0.15, -0.1) is 6.58 Å². The summed E-state index contributed by atoms with van der Waals surface area (Å²) in [5.41, 5.74) is -6.47. The van der Waals surface area contributed by atoms with Gasteiger partial charge in [0, 0.05) is 31.1 Å². The van der Waals surface area contributed by atoms with Gasteiger partial charge in [-0.1, -0.05) is 45.0 Å². The molecule has 9 unspecified atom stereocenters. The molecule has 0 heterocycles. The van der Waals surface area contributed by atoms with Gasteiger partial charge in [-0.3, -0.25) is 19.2 Å². The van der Waals surface area contributed by atoms with Crippen molar-refractivity contribution in [1.29, 1.82) is 0 Å². The lowest BCUT2D eigenvalue weighted by Gasteiger charge is -2.67. The molecule has 222 valence electrons. The van der Waals surface area contributed by atoms with E-state index < -0.39 is 87.6 Å². The number of ether oxygens (including phenoxy) is 3. The Morgan fingerprint density at radius 2 is 1.54 bits per heavy atom. The van der Waals surface area contributed by atoms with Gasteiger partial charge in [-0.25, -0.2) is 4.79 Å². The third-order valence-corrected chi connectivity index (χ3v) is 9.66. The summed E-state index contributed by atoms with van der Waals surface area (Å²) in [6.45, 7) is 12.5. The van der Waals surface area contributed by atoms with Crippen LogP contribution in [0.25, 0.3) is 0 Å². The maximum Gasteiger partial charge on any atom is 0.338 e. The monoisotopic (exact) mass is 570 g/mol. The number of carbonyl (C=O) groups excluding carboxylic acids is 5. The number of allylic oxidation sites excluding steroid dienone is 1. The molecule has 10 nitrogen and oxygen atoms in total. The molecule has 0 amide bonds. The molecule has 3 aliphatic rings. The second-order valence-electron chi connectivity index (χ2n) is 12.6. The van der Waals surface area contributed by atoms with Crippen molar-refractivity contribution in [2.45, 2.75) is 84.4 Å². The number of benzene rings is 1. The molecular weight excluding hydrogens is 532 g/mol. The lowest BCUT2D eigenvalue weighted by molar-refractivity contribution is -0.292. The molecule has 1 aromatic carbocycles. The van der Waals surface area contributed by atoms with Crippen molar-refractivity contribution in [3.63, 3.8) is 0 Å². The highest BCUT2D eigenvalue weighted by Gasteiger charge is 2.78. The number of fused-ring (bicyclic) bond motifs is 3. The highest BCUT2D eigenvalue weighted by atomic mass is 16.6. The van der Waals surface area contributed by atoms with Gasteiger partial charge < -0.3 is 24.4 Å². The second-order valence-corrected chi connectivity index (χ2v) is 12.6. The summed E-state index contributed by atoms with van der Waals surface area (Å²) in [5.74, 6) is -5.85. The van der Waals surface area contributed by atoms with Crippen LogP contribution in [0.5, 0.6) is 0 Å². The maximum atomic E-state index is 14.1. The molecule has 10 heteroatoms. The summed E-state index contributed by atoms with van der Waals surface area (Å²) in [7, 11) is 0. The van der Waals surface area contributed by atoms with E-state index in [1.165, 1.54) is 32.1 Å². The Hall–Kier alpha value is -3.37. The Kier molecular flexibility index (Phi) is 7.58. The molecule has 3 saturated carbocycles. The molecule has 9 atom stereocenters. The number of hydrogen-bond acceptors (Lipinski definition) is 10. The molecular formula is C31H38O10. The van der Waals surface area contributed by atoms with E-state index in [0.29, 0.717) is 0 Å². The molecule has 0 aromatic heterocycles. The Labute approximate surface area is 239 Å². The van der Waals surface area contributed by atoms with Crippen molar-refractivity contribution < 1.29 is 48.4 Å². The van der Waals surface area contributed by atoms with Gasteiger partial charge in [-0.05, 0) is 31.4 Å². The quantitative estimate of drug-likeness (QED) is 0.307. The van der Waals surface area contributed by atoms with Crippen LogP contribution in [0.1, 0.15) is 64.7 Å². The van der Waals surface area contributed by atoms with Crippen molar-refractivity contribution in [3.05, 3.63) is 48.6 Å². The number of rotatable bonds is 5. The zero-order valence-electron chi connectivity index (χ0n) is 24.2. The average Bonchev–Trinajstić information content (AvgIpc) is 2.89. The first-order valence-corrected chi connectivity index (χ1v) is 13.7. The normalized spacial score (nSPS) is 39.5. The first-order chi connectivity index (χ1) is 19.0. The van der Waals surface area contributed by atoms with Crippen LogP contribution in [0.15, 0.2) is 43.0 Å². The number of esters is 3. The Morgan fingerprint density at radius 1 is 0.951 bits per heavy atom. The van der Waals surface area contributed by atoms with E-state index in [0.717, 1.165) is 6.92 Å². The highest BCUT2D eigenvalue weighted by molar-refractivity contribution is 6.06. The molecule has 2 N–H and O–H groups in total.